The predicted molar refractivity (Wildman–Crippen MR) is 68.7 cm³/mol. The number of aromatic nitrogens is 4. The average Bonchev–Trinajstić information content (AvgIpc) is 2.97. The number of aryl methyl sites for hydroxylation is 2. The summed E-state index contributed by atoms with van der Waals surface area (Å²) < 4.78 is 11.9. The fourth-order valence-corrected chi connectivity index (χ4v) is 1.78. The van der Waals surface area contributed by atoms with Gasteiger partial charge >= 0.3 is 0 Å². The Labute approximate surface area is 111 Å². The molecular weight excluding hydrogens is 246 g/mol. The molecule has 0 amide bonds. The summed E-state index contributed by atoms with van der Waals surface area (Å²) >= 11 is 0. The summed E-state index contributed by atoms with van der Waals surface area (Å²) in [5, 5.41) is 15.4. The summed E-state index contributed by atoms with van der Waals surface area (Å²) in [6.07, 6.45) is 1.92. The molecule has 2 rings (SSSR count). The first-order valence-corrected chi connectivity index (χ1v) is 6.21. The minimum atomic E-state index is 0.631. The normalized spacial score (nSPS) is 11.1. The topological polar surface area (TPSA) is 78.0 Å². The minimum absolute atomic E-state index is 0.631. The number of hydrogen-bond donors (Lipinski definition) is 1. The van der Waals surface area contributed by atoms with Crippen LogP contribution in [-0.4, -0.2) is 40.4 Å². The van der Waals surface area contributed by atoms with Crippen LogP contribution in [0.25, 0.3) is 0 Å². The van der Waals surface area contributed by atoms with Crippen LogP contribution in [0.5, 0.6) is 0 Å². The molecule has 0 bridgehead atoms. The number of hydrogen-bond acceptors (Lipinski definition) is 6. The molecule has 0 aliphatic carbocycles. The van der Waals surface area contributed by atoms with Gasteiger partial charge < -0.3 is 14.6 Å². The Kier molecular flexibility index (Phi) is 4.64. The summed E-state index contributed by atoms with van der Waals surface area (Å²) in [5.74, 6) is 0.827. The van der Waals surface area contributed by atoms with Gasteiger partial charge in [-0.2, -0.15) is 0 Å². The van der Waals surface area contributed by atoms with E-state index in [9.17, 15) is 0 Å². The fraction of sp³-hybridized carbons (Fsp3) is 0.583. The molecule has 0 atom stereocenters. The number of nitrogens with one attached hydrogen (secondary N) is 1. The molecule has 0 aliphatic rings. The van der Waals surface area contributed by atoms with Gasteiger partial charge in [-0.3, -0.25) is 0 Å². The minimum Gasteiger partial charge on any atom is -0.383 e. The highest BCUT2D eigenvalue weighted by molar-refractivity contribution is 5.20. The quantitative estimate of drug-likeness (QED) is 0.741. The first kappa shape index (κ1) is 13.7. The van der Waals surface area contributed by atoms with Crippen LogP contribution in [0.4, 0.5) is 0 Å². The first-order valence-electron chi connectivity index (χ1n) is 6.21. The summed E-state index contributed by atoms with van der Waals surface area (Å²) in [5.41, 5.74) is 2.86. The van der Waals surface area contributed by atoms with Crippen LogP contribution in [0.3, 0.4) is 0 Å². The SMILES string of the molecule is COCCNCc1cn(Cc2c(C)noc2C)nn1. The van der Waals surface area contributed by atoms with Crippen molar-refractivity contribution in [3.05, 3.63) is 28.9 Å². The van der Waals surface area contributed by atoms with Gasteiger partial charge in [0, 0.05) is 25.8 Å². The highest BCUT2D eigenvalue weighted by Crippen LogP contribution is 2.13. The molecule has 19 heavy (non-hydrogen) atoms. The number of rotatable bonds is 7. The average molecular weight is 265 g/mol. The number of methoxy groups -OCH3 is 1. The van der Waals surface area contributed by atoms with Crippen LogP contribution in [0.15, 0.2) is 10.7 Å². The standard InChI is InChI=1S/C12H19N5O2/c1-9-12(10(2)19-15-9)8-17-7-11(14-16-17)6-13-4-5-18-3/h7,13H,4-6,8H2,1-3H3. The van der Waals surface area contributed by atoms with Crippen LogP contribution in [0.2, 0.25) is 0 Å². The van der Waals surface area contributed by atoms with Crippen LogP contribution in [-0.2, 0) is 17.8 Å². The van der Waals surface area contributed by atoms with Gasteiger partial charge in [0.05, 0.1) is 30.7 Å². The molecule has 0 saturated carbocycles. The second-order valence-electron chi connectivity index (χ2n) is 4.38. The van der Waals surface area contributed by atoms with Crippen molar-refractivity contribution in [2.45, 2.75) is 26.9 Å². The van der Waals surface area contributed by atoms with E-state index in [1.54, 1.807) is 11.8 Å². The zero-order valence-corrected chi connectivity index (χ0v) is 11.5. The summed E-state index contributed by atoms with van der Waals surface area (Å²) in [6.45, 7) is 6.63. The predicted octanol–water partition coefficient (Wildman–Crippen LogP) is 0.667. The zero-order valence-electron chi connectivity index (χ0n) is 11.5. The molecule has 104 valence electrons. The lowest BCUT2D eigenvalue weighted by Gasteiger charge is -2.00. The van der Waals surface area contributed by atoms with Crippen molar-refractivity contribution in [2.24, 2.45) is 0 Å². The Hall–Kier alpha value is -1.73. The van der Waals surface area contributed by atoms with E-state index in [0.717, 1.165) is 29.3 Å². The van der Waals surface area contributed by atoms with Gasteiger partial charge in [-0.05, 0) is 13.8 Å². The molecule has 0 spiro atoms. The molecule has 0 aromatic carbocycles. The van der Waals surface area contributed by atoms with Gasteiger partial charge in [-0.15, -0.1) is 5.10 Å². The van der Waals surface area contributed by atoms with E-state index in [0.29, 0.717) is 19.7 Å². The van der Waals surface area contributed by atoms with Crippen molar-refractivity contribution in [2.75, 3.05) is 20.3 Å². The first-order chi connectivity index (χ1) is 9.20. The van der Waals surface area contributed by atoms with Gasteiger partial charge in [-0.1, -0.05) is 10.4 Å². The van der Waals surface area contributed by atoms with Crippen molar-refractivity contribution < 1.29 is 9.26 Å². The smallest absolute Gasteiger partial charge is 0.138 e. The van der Waals surface area contributed by atoms with E-state index in [1.165, 1.54) is 0 Å². The number of nitrogens with zero attached hydrogens (tertiary/aromatic N) is 4. The Bertz CT molecular complexity index is 500. The lowest BCUT2D eigenvalue weighted by atomic mass is 10.2. The van der Waals surface area contributed by atoms with E-state index in [1.807, 2.05) is 20.0 Å². The molecule has 0 unspecified atom stereocenters. The maximum atomic E-state index is 5.13. The van der Waals surface area contributed by atoms with Gasteiger partial charge in [-0.25, -0.2) is 4.68 Å². The molecule has 2 aromatic heterocycles. The Balaban J connectivity index is 1.90. The van der Waals surface area contributed by atoms with E-state index >= 15 is 0 Å². The summed E-state index contributed by atoms with van der Waals surface area (Å²) in [4.78, 5) is 0. The Morgan fingerprint density at radius 1 is 1.42 bits per heavy atom. The highest BCUT2D eigenvalue weighted by atomic mass is 16.5. The summed E-state index contributed by atoms with van der Waals surface area (Å²) in [6, 6.07) is 0. The van der Waals surface area contributed by atoms with Gasteiger partial charge in [0.15, 0.2) is 0 Å². The third-order valence-electron chi connectivity index (χ3n) is 2.88. The third kappa shape index (κ3) is 3.62. The fourth-order valence-electron chi connectivity index (χ4n) is 1.78. The maximum Gasteiger partial charge on any atom is 0.138 e. The van der Waals surface area contributed by atoms with Crippen LogP contribution in [0, 0.1) is 13.8 Å². The molecule has 0 fully saturated rings. The molecule has 0 radical (unpaired) electrons. The third-order valence-corrected chi connectivity index (χ3v) is 2.88. The second-order valence-corrected chi connectivity index (χ2v) is 4.38. The van der Waals surface area contributed by atoms with Crippen molar-refractivity contribution in [1.29, 1.82) is 0 Å². The van der Waals surface area contributed by atoms with Crippen LogP contribution < -0.4 is 5.32 Å². The van der Waals surface area contributed by atoms with Crippen molar-refractivity contribution in [1.82, 2.24) is 25.5 Å². The number of ether oxygens (including phenoxy) is 1. The van der Waals surface area contributed by atoms with Crippen LogP contribution in [0.1, 0.15) is 22.7 Å². The van der Waals surface area contributed by atoms with E-state index in [2.05, 4.69) is 20.8 Å². The van der Waals surface area contributed by atoms with Gasteiger partial charge in [0.25, 0.3) is 0 Å². The van der Waals surface area contributed by atoms with Crippen molar-refractivity contribution in [3.63, 3.8) is 0 Å². The Morgan fingerprint density at radius 3 is 2.95 bits per heavy atom. The van der Waals surface area contributed by atoms with Gasteiger partial charge in [0.1, 0.15) is 5.76 Å². The Morgan fingerprint density at radius 2 is 2.26 bits per heavy atom. The lowest BCUT2D eigenvalue weighted by molar-refractivity contribution is 0.199. The van der Waals surface area contributed by atoms with E-state index in [-0.39, 0.29) is 0 Å². The van der Waals surface area contributed by atoms with Crippen LogP contribution >= 0.6 is 0 Å². The van der Waals surface area contributed by atoms with Crippen molar-refractivity contribution >= 4 is 0 Å². The molecule has 2 aromatic rings. The molecule has 0 saturated heterocycles. The van der Waals surface area contributed by atoms with Gasteiger partial charge in [0.2, 0.25) is 0 Å². The molecular formula is C12H19N5O2. The van der Waals surface area contributed by atoms with Crippen molar-refractivity contribution in [3.8, 4) is 0 Å². The zero-order chi connectivity index (χ0) is 13.7. The highest BCUT2D eigenvalue weighted by Gasteiger charge is 2.10. The molecule has 1 N–H and O–H groups in total. The summed E-state index contributed by atoms with van der Waals surface area (Å²) in [7, 11) is 1.68. The molecule has 7 heteroatoms. The monoisotopic (exact) mass is 265 g/mol. The largest absolute Gasteiger partial charge is 0.383 e. The lowest BCUT2D eigenvalue weighted by Crippen LogP contribution is -2.18. The maximum absolute atomic E-state index is 5.13. The molecule has 2 heterocycles. The molecule has 7 nitrogen and oxygen atoms in total. The van der Waals surface area contributed by atoms with E-state index in [4.69, 9.17) is 9.26 Å². The van der Waals surface area contributed by atoms with E-state index < -0.39 is 0 Å². The molecule has 0 aliphatic heterocycles. The second kappa shape index (κ2) is 6.44.